The van der Waals surface area contributed by atoms with E-state index in [4.69, 9.17) is 9.26 Å². The minimum Gasteiger partial charge on any atom is -0.494 e. The quantitative estimate of drug-likeness (QED) is 0.854. The predicted octanol–water partition coefficient (Wildman–Crippen LogP) is 1.55. The topological polar surface area (TPSA) is 88.7 Å². The van der Waals surface area contributed by atoms with Crippen molar-refractivity contribution in [2.75, 3.05) is 26.3 Å². The van der Waals surface area contributed by atoms with Crippen LogP contribution in [-0.4, -0.2) is 52.4 Å². The molecule has 3 rings (SSSR count). The van der Waals surface area contributed by atoms with Crippen LogP contribution >= 0.6 is 0 Å². The lowest BCUT2D eigenvalue weighted by molar-refractivity contribution is -0.129. The summed E-state index contributed by atoms with van der Waals surface area (Å²) < 4.78 is 10.7. The molecule has 25 heavy (non-hydrogen) atoms. The van der Waals surface area contributed by atoms with Crippen molar-refractivity contribution in [3.63, 3.8) is 0 Å². The highest BCUT2D eigenvalue weighted by atomic mass is 16.5. The van der Waals surface area contributed by atoms with Gasteiger partial charge in [-0.3, -0.25) is 4.79 Å². The summed E-state index contributed by atoms with van der Waals surface area (Å²) in [4.78, 5) is 18.6. The molecule has 1 fully saturated rings. The lowest BCUT2D eigenvalue weighted by atomic mass is 9.97. The first-order valence-corrected chi connectivity index (χ1v) is 8.51. The summed E-state index contributed by atoms with van der Waals surface area (Å²) in [5.41, 5.74) is 0.936. The van der Waals surface area contributed by atoms with Crippen LogP contribution in [0.15, 0.2) is 28.8 Å². The normalized spacial score (nSPS) is 20.0. The van der Waals surface area contributed by atoms with E-state index in [9.17, 15) is 9.90 Å². The molecule has 2 atom stereocenters. The number of aryl methyl sites for hydroxylation is 1. The summed E-state index contributed by atoms with van der Waals surface area (Å²) in [5, 5.41) is 13.4. The number of nitrogens with zero attached hydrogens (tertiary/aromatic N) is 3. The van der Waals surface area contributed by atoms with E-state index in [2.05, 4.69) is 10.1 Å². The Bertz CT molecular complexity index is 713. The molecule has 7 nitrogen and oxygen atoms in total. The molecule has 1 aliphatic rings. The zero-order valence-electron chi connectivity index (χ0n) is 14.5. The first kappa shape index (κ1) is 17.4. The lowest BCUT2D eigenvalue weighted by Crippen LogP contribution is -2.30. The molecular weight excluding hydrogens is 322 g/mol. The molecule has 134 valence electrons. The fraction of sp³-hybridized carbons (Fsp3) is 0.500. The van der Waals surface area contributed by atoms with Gasteiger partial charge in [0.25, 0.3) is 0 Å². The van der Waals surface area contributed by atoms with Crippen LogP contribution in [0.5, 0.6) is 5.75 Å². The summed E-state index contributed by atoms with van der Waals surface area (Å²) in [6.45, 7) is 5.28. The van der Waals surface area contributed by atoms with Crippen LogP contribution in [-0.2, 0) is 11.2 Å². The van der Waals surface area contributed by atoms with Crippen molar-refractivity contribution in [3.8, 4) is 5.75 Å². The average molecular weight is 345 g/mol. The highest BCUT2D eigenvalue weighted by Crippen LogP contribution is 2.31. The minimum atomic E-state index is -0.115. The molecule has 0 bridgehead atoms. The molecule has 0 saturated carbocycles. The maximum atomic E-state index is 12.6. The summed E-state index contributed by atoms with van der Waals surface area (Å²) in [6.07, 6.45) is 0.320. The number of amides is 1. The Balaban J connectivity index is 1.64. The van der Waals surface area contributed by atoms with Gasteiger partial charge in [-0.05, 0) is 31.5 Å². The van der Waals surface area contributed by atoms with Crippen molar-refractivity contribution in [2.24, 2.45) is 5.92 Å². The van der Waals surface area contributed by atoms with Gasteiger partial charge in [0, 0.05) is 25.6 Å². The fourth-order valence-electron chi connectivity index (χ4n) is 3.16. The van der Waals surface area contributed by atoms with Crippen molar-refractivity contribution in [2.45, 2.75) is 26.2 Å². The first-order chi connectivity index (χ1) is 12.1. The van der Waals surface area contributed by atoms with Gasteiger partial charge < -0.3 is 19.3 Å². The van der Waals surface area contributed by atoms with E-state index < -0.39 is 0 Å². The number of aromatic nitrogens is 2. The van der Waals surface area contributed by atoms with E-state index >= 15 is 0 Å². The standard InChI is InChI=1S/C18H23N3O4/c1-3-24-15-6-4-13(5-7-15)8-17(23)21-9-14(11-22)16(10-21)18-19-12(2)20-25-18/h4-7,14,16,22H,3,8-11H2,1-2H3/t14-,16+/m0/s1. The Morgan fingerprint density at radius 2 is 2.12 bits per heavy atom. The molecule has 0 spiro atoms. The Kier molecular flexibility index (Phi) is 5.33. The molecule has 1 saturated heterocycles. The number of hydrogen-bond donors (Lipinski definition) is 1. The summed E-state index contributed by atoms with van der Waals surface area (Å²) in [5.74, 6) is 1.69. The highest BCUT2D eigenvalue weighted by molar-refractivity contribution is 5.79. The van der Waals surface area contributed by atoms with Crippen molar-refractivity contribution in [1.82, 2.24) is 15.0 Å². The molecule has 0 aliphatic carbocycles. The van der Waals surface area contributed by atoms with Crippen LogP contribution in [0, 0.1) is 12.8 Å². The number of aliphatic hydroxyl groups is 1. The van der Waals surface area contributed by atoms with Gasteiger partial charge in [0.15, 0.2) is 5.82 Å². The third-order valence-corrected chi connectivity index (χ3v) is 4.48. The van der Waals surface area contributed by atoms with Crippen molar-refractivity contribution in [1.29, 1.82) is 0 Å². The lowest BCUT2D eigenvalue weighted by Gasteiger charge is -2.16. The second kappa shape index (κ2) is 7.65. The van der Waals surface area contributed by atoms with E-state index in [1.54, 1.807) is 11.8 Å². The van der Waals surface area contributed by atoms with Crippen LogP contribution in [0.1, 0.15) is 30.1 Å². The number of hydrogen-bond acceptors (Lipinski definition) is 6. The minimum absolute atomic E-state index is 0.0150. The van der Waals surface area contributed by atoms with Gasteiger partial charge in [-0.1, -0.05) is 17.3 Å². The number of rotatable bonds is 6. The Labute approximate surface area is 146 Å². The third-order valence-electron chi connectivity index (χ3n) is 4.48. The van der Waals surface area contributed by atoms with E-state index in [1.165, 1.54) is 0 Å². The average Bonchev–Trinajstić information content (AvgIpc) is 3.22. The second-order valence-electron chi connectivity index (χ2n) is 6.28. The third kappa shape index (κ3) is 3.99. The molecule has 7 heteroatoms. The Hall–Kier alpha value is -2.41. The molecule has 1 aromatic heterocycles. The van der Waals surface area contributed by atoms with Crippen molar-refractivity contribution < 1.29 is 19.2 Å². The Morgan fingerprint density at radius 3 is 2.72 bits per heavy atom. The first-order valence-electron chi connectivity index (χ1n) is 8.51. The number of likely N-dealkylation sites (tertiary alicyclic amines) is 1. The zero-order valence-corrected chi connectivity index (χ0v) is 14.5. The zero-order chi connectivity index (χ0) is 17.8. The monoisotopic (exact) mass is 345 g/mol. The molecular formula is C18H23N3O4. The summed E-state index contributed by atoms with van der Waals surface area (Å²) in [6, 6.07) is 7.55. The summed E-state index contributed by atoms with van der Waals surface area (Å²) in [7, 11) is 0. The van der Waals surface area contributed by atoms with Crippen LogP contribution in [0.4, 0.5) is 0 Å². The SMILES string of the molecule is CCOc1ccc(CC(=O)N2C[C@@H](CO)[C@H](c3nc(C)no3)C2)cc1. The number of carbonyl (C=O) groups excluding carboxylic acids is 1. The van der Waals surface area contributed by atoms with Gasteiger partial charge >= 0.3 is 0 Å². The Morgan fingerprint density at radius 1 is 1.36 bits per heavy atom. The van der Waals surface area contributed by atoms with Crippen molar-refractivity contribution >= 4 is 5.91 Å². The van der Waals surface area contributed by atoms with Gasteiger partial charge in [-0.25, -0.2) is 0 Å². The van der Waals surface area contributed by atoms with E-state index in [0.29, 0.717) is 37.8 Å². The second-order valence-corrected chi connectivity index (χ2v) is 6.28. The van der Waals surface area contributed by atoms with E-state index in [-0.39, 0.29) is 24.3 Å². The van der Waals surface area contributed by atoms with Gasteiger partial charge in [-0.2, -0.15) is 4.98 Å². The fourth-order valence-corrected chi connectivity index (χ4v) is 3.16. The van der Waals surface area contributed by atoms with Crippen LogP contribution in [0.25, 0.3) is 0 Å². The van der Waals surface area contributed by atoms with Crippen LogP contribution in [0.3, 0.4) is 0 Å². The molecule has 2 aromatic rings. The van der Waals surface area contributed by atoms with Crippen LogP contribution in [0.2, 0.25) is 0 Å². The van der Waals surface area contributed by atoms with Crippen LogP contribution < -0.4 is 4.74 Å². The molecule has 2 heterocycles. The maximum Gasteiger partial charge on any atom is 0.231 e. The summed E-state index contributed by atoms with van der Waals surface area (Å²) >= 11 is 0. The molecule has 1 aromatic carbocycles. The number of benzene rings is 1. The molecule has 1 aliphatic heterocycles. The smallest absolute Gasteiger partial charge is 0.231 e. The predicted molar refractivity (Wildman–Crippen MR) is 90.2 cm³/mol. The number of aliphatic hydroxyl groups excluding tert-OH is 1. The van der Waals surface area contributed by atoms with Gasteiger partial charge in [0.05, 0.1) is 18.9 Å². The number of ether oxygens (including phenoxy) is 1. The van der Waals surface area contributed by atoms with Crippen molar-refractivity contribution in [3.05, 3.63) is 41.5 Å². The van der Waals surface area contributed by atoms with Gasteiger partial charge in [0.2, 0.25) is 11.8 Å². The van der Waals surface area contributed by atoms with Gasteiger partial charge in [-0.15, -0.1) is 0 Å². The highest BCUT2D eigenvalue weighted by Gasteiger charge is 2.38. The molecule has 0 radical (unpaired) electrons. The van der Waals surface area contributed by atoms with E-state index in [1.807, 2.05) is 31.2 Å². The molecule has 1 N–H and O–H groups in total. The molecule has 0 unspecified atom stereocenters. The maximum absolute atomic E-state index is 12.6. The van der Waals surface area contributed by atoms with Gasteiger partial charge in [0.1, 0.15) is 5.75 Å². The largest absolute Gasteiger partial charge is 0.494 e. The number of carbonyl (C=O) groups is 1. The van der Waals surface area contributed by atoms with E-state index in [0.717, 1.165) is 11.3 Å². The molecule has 1 amide bonds.